The predicted molar refractivity (Wildman–Crippen MR) is 95.4 cm³/mol. The third-order valence-electron chi connectivity index (χ3n) is 3.44. The van der Waals surface area contributed by atoms with Crippen LogP contribution in [-0.2, 0) is 0 Å². The third-order valence-corrected chi connectivity index (χ3v) is 4.56. The fourth-order valence-electron chi connectivity index (χ4n) is 2.38. The van der Waals surface area contributed by atoms with Gasteiger partial charge in [-0.1, -0.05) is 18.3 Å². The molecule has 4 aromatic heterocycles. The van der Waals surface area contributed by atoms with E-state index in [1.807, 2.05) is 41.8 Å². The second-order valence-electron chi connectivity index (χ2n) is 4.89. The van der Waals surface area contributed by atoms with Gasteiger partial charge in [0.1, 0.15) is 4.99 Å². The second kappa shape index (κ2) is 5.53. The van der Waals surface area contributed by atoms with E-state index in [4.69, 9.17) is 18.0 Å². The van der Waals surface area contributed by atoms with E-state index in [0.29, 0.717) is 22.0 Å². The lowest BCUT2D eigenvalue weighted by Gasteiger charge is -2.05. The van der Waals surface area contributed by atoms with Crippen LogP contribution in [0.2, 0.25) is 0 Å². The maximum atomic E-state index is 5.84. The minimum Gasteiger partial charge on any atom is -0.389 e. The van der Waals surface area contributed by atoms with Crippen molar-refractivity contribution in [3.63, 3.8) is 0 Å². The normalized spacial score (nSPS) is 11.0. The molecule has 0 atom stereocenters. The number of nitrogens with zero attached hydrogens (tertiary/aromatic N) is 4. The topological polar surface area (TPSA) is 69.1 Å². The molecule has 4 heterocycles. The van der Waals surface area contributed by atoms with Gasteiger partial charge in [-0.3, -0.25) is 4.98 Å². The van der Waals surface area contributed by atoms with Gasteiger partial charge >= 0.3 is 0 Å². The van der Waals surface area contributed by atoms with Crippen molar-refractivity contribution in [2.75, 3.05) is 0 Å². The molecular weight excluding hydrogens is 326 g/mol. The van der Waals surface area contributed by atoms with E-state index in [0.717, 1.165) is 16.1 Å². The van der Waals surface area contributed by atoms with Gasteiger partial charge in [0.15, 0.2) is 11.5 Å². The van der Waals surface area contributed by atoms with Gasteiger partial charge in [0.2, 0.25) is 0 Å². The quantitative estimate of drug-likeness (QED) is 0.582. The molecule has 0 aliphatic heterocycles. The van der Waals surface area contributed by atoms with E-state index < -0.39 is 0 Å². The van der Waals surface area contributed by atoms with Crippen LogP contribution in [0, 0.1) is 0 Å². The SMILES string of the molecule is NC(=S)c1ccc(-c2cccs2)n2nc(-c3cccnc3)nc12. The Labute approximate surface area is 141 Å². The lowest BCUT2D eigenvalue weighted by Crippen LogP contribution is -2.12. The summed E-state index contributed by atoms with van der Waals surface area (Å²) in [5.74, 6) is 0.597. The van der Waals surface area contributed by atoms with Gasteiger partial charge in [-0.25, -0.2) is 9.50 Å². The largest absolute Gasteiger partial charge is 0.389 e. The first-order valence-corrected chi connectivity index (χ1v) is 8.17. The third kappa shape index (κ3) is 2.39. The summed E-state index contributed by atoms with van der Waals surface area (Å²) < 4.78 is 1.79. The molecule has 0 amide bonds. The molecule has 112 valence electrons. The van der Waals surface area contributed by atoms with Gasteiger partial charge in [-0.05, 0) is 35.7 Å². The summed E-state index contributed by atoms with van der Waals surface area (Å²) in [5.41, 5.74) is 9.01. The Morgan fingerprint density at radius 2 is 2.09 bits per heavy atom. The molecule has 0 saturated heterocycles. The van der Waals surface area contributed by atoms with E-state index in [-0.39, 0.29) is 0 Å². The number of thiocarbonyl (C=S) groups is 1. The van der Waals surface area contributed by atoms with Crippen LogP contribution in [-0.4, -0.2) is 24.6 Å². The van der Waals surface area contributed by atoms with Crippen LogP contribution in [0.4, 0.5) is 0 Å². The van der Waals surface area contributed by atoms with Crippen molar-refractivity contribution in [2.45, 2.75) is 0 Å². The monoisotopic (exact) mass is 337 g/mol. The molecule has 0 aromatic carbocycles. The van der Waals surface area contributed by atoms with E-state index in [2.05, 4.69) is 15.1 Å². The minimum absolute atomic E-state index is 0.304. The highest BCUT2D eigenvalue weighted by molar-refractivity contribution is 7.80. The molecular formula is C16H11N5S2. The molecule has 0 fully saturated rings. The Morgan fingerprint density at radius 1 is 1.17 bits per heavy atom. The average molecular weight is 337 g/mol. The van der Waals surface area contributed by atoms with Crippen LogP contribution in [0.3, 0.4) is 0 Å². The number of rotatable bonds is 3. The number of aromatic nitrogens is 4. The highest BCUT2D eigenvalue weighted by Gasteiger charge is 2.15. The molecule has 23 heavy (non-hydrogen) atoms. The maximum absolute atomic E-state index is 5.84. The van der Waals surface area contributed by atoms with Crippen LogP contribution in [0.25, 0.3) is 27.6 Å². The molecule has 4 aromatic rings. The first kappa shape index (κ1) is 14.0. The van der Waals surface area contributed by atoms with Gasteiger partial charge in [0.05, 0.1) is 16.1 Å². The Kier molecular flexibility index (Phi) is 3.36. The second-order valence-corrected chi connectivity index (χ2v) is 6.27. The van der Waals surface area contributed by atoms with Crippen molar-refractivity contribution in [3.8, 4) is 22.0 Å². The molecule has 0 unspecified atom stereocenters. The fraction of sp³-hybridized carbons (Fsp3) is 0. The van der Waals surface area contributed by atoms with Gasteiger partial charge in [0.25, 0.3) is 0 Å². The van der Waals surface area contributed by atoms with Crippen LogP contribution in [0.15, 0.2) is 54.2 Å². The predicted octanol–water partition coefficient (Wildman–Crippen LogP) is 3.15. The number of thiophene rings is 1. The zero-order chi connectivity index (χ0) is 15.8. The summed E-state index contributed by atoms with van der Waals surface area (Å²) in [6.45, 7) is 0. The van der Waals surface area contributed by atoms with E-state index in [9.17, 15) is 0 Å². The smallest absolute Gasteiger partial charge is 0.183 e. The number of fused-ring (bicyclic) bond motifs is 1. The highest BCUT2D eigenvalue weighted by Crippen LogP contribution is 2.27. The molecule has 4 rings (SSSR count). The van der Waals surface area contributed by atoms with Crippen LogP contribution < -0.4 is 5.73 Å². The van der Waals surface area contributed by atoms with E-state index in [1.54, 1.807) is 28.2 Å². The number of hydrogen-bond acceptors (Lipinski definition) is 5. The lowest BCUT2D eigenvalue weighted by atomic mass is 10.2. The van der Waals surface area contributed by atoms with Crippen molar-refractivity contribution < 1.29 is 0 Å². The first-order chi connectivity index (χ1) is 11.2. The Hall–Kier alpha value is -2.64. The van der Waals surface area contributed by atoms with Crippen LogP contribution >= 0.6 is 23.6 Å². The minimum atomic E-state index is 0.304. The van der Waals surface area contributed by atoms with Gasteiger partial charge in [0, 0.05) is 18.0 Å². The lowest BCUT2D eigenvalue weighted by molar-refractivity contribution is 0.975. The molecule has 0 saturated carbocycles. The number of nitrogens with two attached hydrogens (primary N) is 1. The number of hydrogen-bond donors (Lipinski definition) is 1. The Morgan fingerprint density at radius 3 is 2.78 bits per heavy atom. The molecule has 7 heteroatoms. The van der Waals surface area contributed by atoms with E-state index in [1.165, 1.54) is 0 Å². The van der Waals surface area contributed by atoms with Gasteiger partial charge in [-0.2, -0.15) is 0 Å². The molecule has 0 radical (unpaired) electrons. The van der Waals surface area contributed by atoms with Crippen molar-refractivity contribution in [2.24, 2.45) is 5.73 Å². The van der Waals surface area contributed by atoms with Crippen LogP contribution in [0.5, 0.6) is 0 Å². The Balaban J connectivity index is 2.02. The number of pyridine rings is 2. The summed E-state index contributed by atoms with van der Waals surface area (Å²) in [4.78, 5) is 10.2. The van der Waals surface area contributed by atoms with Crippen molar-refractivity contribution >= 4 is 34.2 Å². The zero-order valence-corrected chi connectivity index (χ0v) is 13.5. The van der Waals surface area contributed by atoms with E-state index >= 15 is 0 Å². The standard InChI is InChI=1S/C16H11N5S2/c17-14(22)11-5-6-12(13-4-2-8-23-13)21-16(11)19-15(20-21)10-3-1-7-18-9-10/h1-9H,(H2,17,22). The molecule has 0 bridgehead atoms. The summed E-state index contributed by atoms with van der Waals surface area (Å²) in [5, 5.41) is 6.67. The molecule has 0 aliphatic rings. The summed E-state index contributed by atoms with van der Waals surface area (Å²) in [6.07, 6.45) is 3.46. The molecule has 0 aliphatic carbocycles. The average Bonchev–Trinajstić information content (AvgIpc) is 3.24. The summed E-state index contributed by atoms with van der Waals surface area (Å²) in [6, 6.07) is 11.7. The zero-order valence-electron chi connectivity index (χ0n) is 11.9. The molecule has 2 N–H and O–H groups in total. The summed E-state index contributed by atoms with van der Waals surface area (Å²) >= 11 is 6.79. The van der Waals surface area contributed by atoms with Gasteiger partial charge < -0.3 is 5.73 Å². The van der Waals surface area contributed by atoms with Crippen molar-refractivity contribution in [1.82, 2.24) is 19.6 Å². The highest BCUT2D eigenvalue weighted by atomic mass is 32.1. The maximum Gasteiger partial charge on any atom is 0.183 e. The van der Waals surface area contributed by atoms with Crippen molar-refractivity contribution in [1.29, 1.82) is 0 Å². The van der Waals surface area contributed by atoms with Gasteiger partial charge in [-0.15, -0.1) is 16.4 Å². The molecule has 0 spiro atoms. The van der Waals surface area contributed by atoms with Crippen molar-refractivity contribution in [3.05, 3.63) is 59.7 Å². The Bertz CT molecular complexity index is 990. The summed E-state index contributed by atoms with van der Waals surface area (Å²) in [7, 11) is 0. The molecule has 5 nitrogen and oxygen atoms in total. The fourth-order valence-corrected chi connectivity index (χ4v) is 3.28. The first-order valence-electron chi connectivity index (χ1n) is 6.88. The van der Waals surface area contributed by atoms with Crippen LogP contribution in [0.1, 0.15) is 5.56 Å².